The minimum Gasteiger partial charge on any atom is -0.484 e. The van der Waals surface area contributed by atoms with E-state index in [1.165, 1.54) is 11.8 Å². The van der Waals surface area contributed by atoms with Crippen LogP contribution < -0.4 is 15.6 Å². The molecule has 2 rings (SSSR count). The molecule has 0 saturated carbocycles. The van der Waals surface area contributed by atoms with Gasteiger partial charge in [-0.05, 0) is 55.3 Å². The highest BCUT2D eigenvalue weighted by Crippen LogP contribution is 2.29. The van der Waals surface area contributed by atoms with Crippen molar-refractivity contribution in [3.05, 3.63) is 57.6 Å². The lowest BCUT2D eigenvalue weighted by atomic mass is 10.1. The average Bonchev–Trinajstić information content (AvgIpc) is 2.58. The van der Waals surface area contributed by atoms with Gasteiger partial charge in [0.05, 0.1) is 10.8 Å². The van der Waals surface area contributed by atoms with Gasteiger partial charge in [-0.1, -0.05) is 29.3 Å². The van der Waals surface area contributed by atoms with Crippen LogP contribution in [0.15, 0.2) is 41.3 Å². The summed E-state index contributed by atoms with van der Waals surface area (Å²) in [6.45, 7) is 3.70. The van der Waals surface area contributed by atoms with Crippen LogP contribution in [0.5, 0.6) is 5.75 Å². The van der Waals surface area contributed by atoms with Gasteiger partial charge in [0.2, 0.25) is 5.91 Å². The molecule has 0 fully saturated rings. The Labute approximate surface area is 166 Å². The zero-order chi connectivity index (χ0) is 19.1. The highest BCUT2D eigenvalue weighted by atomic mass is 35.5. The van der Waals surface area contributed by atoms with Crippen LogP contribution in [-0.4, -0.2) is 24.2 Å². The van der Waals surface area contributed by atoms with Crippen LogP contribution in [0.3, 0.4) is 0 Å². The van der Waals surface area contributed by atoms with Crippen LogP contribution in [0.25, 0.3) is 0 Å². The van der Waals surface area contributed by atoms with Gasteiger partial charge in [0.15, 0.2) is 6.61 Å². The number of carbonyl (C=O) groups excluding carboxylic acids is 2. The van der Waals surface area contributed by atoms with E-state index in [1.807, 2.05) is 32.0 Å². The molecule has 0 aliphatic heterocycles. The van der Waals surface area contributed by atoms with Gasteiger partial charge in [0, 0.05) is 9.92 Å². The zero-order valence-corrected chi connectivity index (χ0v) is 16.6. The second-order valence-electron chi connectivity index (χ2n) is 5.57. The standard InChI is InChI=1S/C18H18Cl2N2O3S/c1-11-5-12(2)7-14(6-11)25-9-17(23)21-22-18(24)10-26-16-8-13(19)3-4-15(16)20/h3-8H,9-10H2,1-2H3,(H,21,23)(H,22,24). The summed E-state index contributed by atoms with van der Waals surface area (Å²) >= 11 is 13.2. The highest BCUT2D eigenvalue weighted by Gasteiger charge is 2.09. The molecule has 2 aromatic carbocycles. The Hall–Kier alpha value is -1.89. The van der Waals surface area contributed by atoms with Gasteiger partial charge in [-0.15, -0.1) is 11.8 Å². The molecule has 0 atom stereocenters. The van der Waals surface area contributed by atoms with Gasteiger partial charge in [0.1, 0.15) is 5.75 Å². The molecule has 0 radical (unpaired) electrons. The van der Waals surface area contributed by atoms with Gasteiger partial charge < -0.3 is 4.74 Å². The fraction of sp³-hybridized carbons (Fsp3) is 0.222. The van der Waals surface area contributed by atoms with Crippen LogP contribution >= 0.6 is 35.0 Å². The predicted molar refractivity (Wildman–Crippen MR) is 105 cm³/mol. The second-order valence-corrected chi connectivity index (χ2v) is 7.43. The number of hydrazine groups is 1. The summed E-state index contributed by atoms with van der Waals surface area (Å²) < 4.78 is 5.42. The number of hydrogen-bond donors (Lipinski definition) is 2. The Bertz CT molecular complexity index is 795. The van der Waals surface area contributed by atoms with Crippen LogP contribution in [0.1, 0.15) is 11.1 Å². The van der Waals surface area contributed by atoms with E-state index < -0.39 is 5.91 Å². The number of ether oxygens (including phenoxy) is 1. The summed E-state index contributed by atoms with van der Waals surface area (Å²) in [6.07, 6.45) is 0. The summed E-state index contributed by atoms with van der Waals surface area (Å²) in [5.41, 5.74) is 6.73. The van der Waals surface area contributed by atoms with Gasteiger partial charge in [-0.2, -0.15) is 0 Å². The first-order valence-electron chi connectivity index (χ1n) is 7.70. The molecular formula is C18H18Cl2N2O3S. The summed E-state index contributed by atoms with van der Waals surface area (Å²) in [7, 11) is 0. The maximum absolute atomic E-state index is 11.8. The van der Waals surface area contributed by atoms with Crippen molar-refractivity contribution in [2.24, 2.45) is 0 Å². The Morgan fingerprint density at radius 2 is 1.65 bits per heavy atom. The van der Waals surface area contributed by atoms with Crippen molar-refractivity contribution in [3.8, 4) is 5.75 Å². The van der Waals surface area contributed by atoms with Gasteiger partial charge in [-0.25, -0.2) is 0 Å². The summed E-state index contributed by atoms with van der Waals surface area (Å²) in [5.74, 6) is -0.137. The van der Waals surface area contributed by atoms with E-state index >= 15 is 0 Å². The first-order valence-corrected chi connectivity index (χ1v) is 9.44. The lowest BCUT2D eigenvalue weighted by Gasteiger charge is -2.10. The fourth-order valence-corrected chi connectivity index (χ4v) is 3.40. The van der Waals surface area contributed by atoms with Crippen LogP contribution in [-0.2, 0) is 9.59 Å². The first-order chi connectivity index (χ1) is 12.3. The predicted octanol–water partition coefficient (Wildman–Crippen LogP) is 3.93. The van der Waals surface area contributed by atoms with E-state index in [9.17, 15) is 9.59 Å². The Morgan fingerprint density at radius 1 is 1.00 bits per heavy atom. The number of thioether (sulfide) groups is 1. The Balaban J connectivity index is 1.72. The SMILES string of the molecule is Cc1cc(C)cc(OCC(=O)NNC(=O)CSc2cc(Cl)ccc2Cl)c1. The average molecular weight is 413 g/mol. The summed E-state index contributed by atoms with van der Waals surface area (Å²) in [4.78, 5) is 24.3. The van der Waals surface area contributed by atoms with E-state index in [0.29, 0.717) is 20.7 Å². The lowest BCUT2D eigenvalue weighted by Crippen LogP contribution is -2.44. The normalized spacial score (nSPS) is 10.3. The molecule has 0 saturated heterocycles. The summed E-state index contributed by atoms with van der Waals surface area (Å²) in [6, 6.07) is 10.7. The van der Waals surface area contributed by atoms with Crippen LogP contribution in [0, 0.1) is 13.8 Å². The molecule has 8 heteroatoms. The molecule has 0 unspecified atom stereocenters. The van der Waals surface area contributed by atoms with Crippen LogP contribution in [0.2, 0.25) is 10.0 Å². The third kappa shape index (κ3) is 6.78. The smallest absolute Gasteiger partial charge is 0.276 e. The first kappa shape index (κ1) is 20.4. The van der Waals surface area contributed by atoms with E-state index in [-0.39, 0.29) is 18.3 Å². The van der Waals surface area contributed by atoms with Gasteiger partial charge >= 0.3 is 0 Å². The molecule has 26 heavy (non-hydrogen) atoms. The minimum atomic E-state index is -0.455. The molecule has 5 nitrogen and oxygen atoms in total. The van der Waals surface area contributed by atoms with Crippen molar-refractivity contribution in [3.63, 3.8) is 0 Å². The van der Waals surface area contributed by atoms with Crippen LogP contribution in [0.4, 0.5) is 0 Å². The van der Waals surface area contributed by atoms with Crippen molar-refractivity contribution in [2.75, 3.05) is 12.4 Å². The third-order valence-corrected chi connectivity index (χ3v) is 4.89. The molecule has 0 aliphatic rings. The van der Waals surface area contributed by atoms with Gasteiger partial charge in [0.25, 0.3) is 5.91 Å². The fourth-order valence-electron chi connectivity index (χ4n) is 2.11. The maximum Gasteiger partial charge on any atom is 0.276 e. The van der Waals surface area contributed by atoms with Crippen molar-refractivity contribution in [2.45, 2.75) is 18.7 Å². The van der Waals surface area contributed by atoms with Crippen molar-refractivity contribution >= 4 is 46.8 Å². The van der Waals surface area contributed by atoms with E-state index in [0.717, 1.165) is 11.1 Å². The number of amides is 2. The largest absolute Gasteiger partial charge is 0.484 e. The molecule has 0 aromatic heterocycles. The van der Waals surface area contributed by atoms with Gasteiger partial charge in [-0.3, -0.25) is 20.4 Å². The van der Waals surface area contributed by atoms with E-state index in [4.69, 9.17) is 27.9 Å². The molecule has 0 aliphatic carbocycles. The molecular weight excluding hydrogens is 395 g/mol. The second kappa shape index (κ2) is 9.71. The maximum atomic E-state index is 11.8. The number of aryl methyl sites for hydroxylation is 2. The topological polar surface area (TPSA) is 67.4 Å². The Morgan fingerprint density at radius 3 is 2.35 bits per heavy atom. The highest BCUT2D eigenvalue weighted by molar-refractivity contribution is 8.00. The molecule has 0 bridgehead atoms. The molecule has 138 valence electrons. The number of hydrogen-bond acceptors (Lipinski definition) is 4. The number of rotatable bonds is 6. The molecule has 2 aromatic rings. The number of halogens is 2. The molecule has 0 spiro atoms. The lowest BCUT2D eigenvalue weighted by molar-refractivity contribution is -0.128. The molecule has 2 N–H and O–H groups in total. The third-order valence-electron chi connectivity index (χ3n) is 3.16. The molecule has 2 amide bonds. The van der Waals surface area contributed by atoms with Crippen molar-refractivity contribution in [1.82, 2.24) is 10.9 Å². The minimum absolute atomic E-state index is 0.0816. The van der Waals surface area contributed by atoms with Crippen molar-refractivity contribution < 1.29 is 14.3 Å². The zero-order valence-electron chi connectivity index (χ0n) is 14.3. The number of nitrogens with one attached hydrogen (secondary N) is 2. The number of carbonyl (C=O) groups is 2. The monoisotopic (exact) mass is 412 g/mol. The van der Waals surface area contributed by atoms with E-state index in [2.05, 4.69) is 10.9 Å². The number of benzene rings is 2. The summed E-state index contributed by atoms with van der Waals surface area (Å²) in [5, 5.41) is 1.05. The van der Waals surface area contributed by atoms with Crippen molar-refractivity contribution in [1.29, 1.82) is 0 Å². The molecule has 0 heterocycles. The van der Waals surface area contributed by atoms with E-state index in [1.54, 1.807) is 18.2 Å². The Kier molecular flexibility index (Phi) is 7.63. The quantitative estimate of drug-likeness (QED) is 0.556.